The third-order valence-corrected chi connectivity index (χ3v) is 4.64. The molecule has 1 fully saturated rings. The zero-order chi connectivity index (χ0) is 14.0. The summed E-state index contributed by atoms with van der Waals surface area (Å²) in [6.07, 6.45) is 2.46. The van der Waals surface area contributed by atoms with Gasteiger partial charge in [-0.1, -0.05) is 0 Å². The van der Waals surface area contributed by atoms with Crippen molar-refractivity contribution in [2.24, 2.45) is 0 Å². The molecule has 1 aromatic heterocycles. The van der Waals surface area contributed by atoms with Gasteiger partial charge in [0.2, 0.25) is 0 Å². The van der Waals surface area contributed by atoms with Crippen LogP contribution in [-0.2, 0) is 10.2 Å². The lowest BCUT2D eigenvalue weighted by molar-refractivity contribution is -0.142. The SMILES string of the molecule is CN1CCCC1CNc1nc(C(C)(C)C(=O)O)cs1. The molecule has 0 saturated carbocycles. The number of carboxylic acids is 1. The summed E-state index contributed by atoms with van der Waals surface area (Å²) in [6.45, 7) is 5.39. The van der Waals surface area contributed by atoms with Crippen molar-refractivity contribution in [3.05, 3.63) is 11.1 Å². The molecule has 1 atom stereocenters. The summed E-state index contributed by atoms with van der Waals surface area (Å²) in [6, 6.07) is 0.555. The molecule has 0 aliphatic carbocycles. The van der Waals surface area contributed by atoms with Crippen molar-refractivity contribution in [2.75, 3.05) is 25.5 Å². The van der Waals surface area contributed by atoms with Crippen LogP contribution in [0, 0.1) is 0 Å². The minimum atomic E-state index is -0.930. The van der Waals surface area contributed by atoms with Gasteiger partial charge in [0.25, 0.3) is 0 Å². The summed E-state index contributed by atoms with van der Waals surface area (Å²) in [5, 5.41) is 15.1. The average Bonchev–Trinajstić information content (AvgIpc) is 2.95. The maximum atomic E-state index is 11.2. The largest absolute Gasteiger partial charge is 0.481 e. The van der Waals surface area contributed by atoms with Gasteiger partial charge in [-0.25, -0.2) is 4.98 Å². The van der Waals surface area contributed by atoms with E-state index in [-0.39, 0.29) is 0 Å². The predicted octanol–water partition coefficient (Wildman–Crippen LogP) is 2.01. The molecule has 0 amide bonds. The Labute approximate surface area is 117 Å². The second-order valence-corrected chi connectivity index (χ2v) is 6.48. The highest BCUT2D eigenvalue weighted by Gasteiger charge is 2.32. The van der Waals surface area contributed by atoms with E-state index in [0.717, 1.165) is 18.2 Å². The smallest absolute Gasteiger partial charge is 0.315 e. The molecule has 2 N–H and O–H groups in total. The van der Waals surface area contributed by atoms with Crippen LogP contribution in [0.5, 0.6) is 0 Å². The fourth-order valence-corrected chi connectivity index (χ4v) is 3.08. The van der Waals surface area contributed by atoms with Gasteiger partial charge in [-0.3, -0.25) is 4.79 Å². The number of likely N-dealkylation sites (N-methyl/N-ethyl adjacent to an activating group) is 1. The molecular formula is C13H21N3O2S. The molecule has 5 nitrogen and oxygen atoms in total. The van der Waals surface area contributed by atoms with Gasteiger partial charge in [-0.15, -0.1) is 11.3 Å². The molecule has 2 rings (SSSR count). The predicted molar refractivity (Wildman–Crippen MR) is 76.9 cm³/mol. The number of aliphatic carboxylic acids is 1. The monoisotopic (exact) mass is 283 g/mol. The first kappa shape index (κ1) is 14.3. The van der Waals surface area contributed by atoms with E-state index < -0.39 is 11.4 Å². The number of hydrogen-bond donors (Lipinski definition) is 2. The van der Waals surface area contributed by atoms with Gasteiger partial charge < -0.3 is 15.3 Å². The van der Waals surface area contributed by atoms with Gasteiger partial charge in [0.05, 0.1) is 5.69 Å². The highest BCUT2D eigenvalue weighted by atomic mass is 32.1. The molecule has 0 bridgehead atoms. The van der Waals surface area contributed by atoms with Gasteiger partial charge in [0, 0.05) is 18.0 Å². The molecule has 1 unspecified atom stereocenters. The average molecular weight is 283 g/mol. The third kappa shape index (κ3) is 3.06. The Balaban J connectivity index is 1.96. The van der Waals surface area contributed by atoms with Crippen LogP contribution in [0.25, 0.3) is 0 Å². The summed E-state index contributed by atoms with van der Waals surface area (Å²) in [7, 11) is 2.14. The standard InChI is InChI=1S/C13H21N3O2S/c1-13(2,11(17)18)10-8-19-12(15-10)14-7-9-5-4-6-16(9)3/h8-9H,4-7H2,1-3H3,(H,14,15)(H,17,18). The summed E-state index contributed by atoms with van der Waals surface area (Å²) in [5.74, 6) is -0.847. The van der Waals surface area contributed by atoms with Crippen LogP contribution >= 0.6 is 11.3 Å². The molecule has 1 aliphatic heterocycles. The molecule has 2 heterocycles. The molecule has 6 heteroatoms. The van der Waals surface area contributed by atoms with E-state index in [1.807, 2.05) is 5.38 Å². The number of nitrogens with one attached hydrogen (secondary N) is 1. The van der Waals surface area contributed by atoms with Crippen LogP contribution in [0.3, 0.4) is 0 Å². The summed E-state index contributed by atoms with van der Waals surface area (Å²) in [5.41, 5.74) is -0.312. The second kappa shape index (κ2) is 5.46. The maximum absolute atomic E-state index is 11.2. The molecule has 0 aromatic carbocycles. The number of rotatable bonds is 5. The highest BCUT2D eigenvalue weighted by Crippen LogP contribution is 2.27. The zero-order valence-corrected chi connectivity index (χ0v) is 12.5. The van der Waals surface area contributed by atoms with E-state index in [0.29, 0.717) is 11.7 Å². The molecule has 0 radical (unpaired) electrons. The topological polar surface area (TPSA) is 65.5 Å². The fourth-order valence-electron chi connectivity index (χ4n) is 2.19. The van der Waals surface area contributed by atoms with E-state index in [1.165, 1.54) is 24.2 Å². The molecule has 0 spiro atoms. The van der Waals surface area contributed by atoms with Gasteiger partial charge in [0.15, 0.2) is 5.13 Å². The van der Waals surface area contributed by atoms with E-state index in [1.54, 1.807) is 13.8 Å². The summed E-state index contributed by atoms with van der Waals surface area (Å²) in [4.78, 5) is 17.9. The Morgan fingerprint density at radius 2 is 2.42 bits per heavy atom. The van der Waals surface area contributed by atoms with Crippen LogP contribution in [0.4, 0.5) is 5.13 Å². The minimum absolute atomic E-state index is 0.555. The lowest BCUT2D eigenvalue weighted by atomic mass is 9.90. The van der Waals surface area contributed by atoms with Crippen LogP contribution in [0.2, 0.25) is 0 Å². The maximum Gasteiger partial charge on any atom is 0.315 e. The Bertz CT molecular complexity index is 458. The van der Waals surface area contributed by atoms with Crippen LogP contribution < -0.4 is 5.32 Å². The van der Waals surface area contributed by atoms with Crippen molar-refractivity contribution in [3.63, 3.8) is 0 Å². The summed E-state index contributed by atoms with van der Waals surface area (Å²) < 4.78 is 0. The van der Waals surface area contributed by atoms with Crippen molar-refractivity contribution >= 4 is 22.4 Å². The fraction of sp³-hybridized carbons (Fsp3) is 0.692. The number of hydrogen-bond acceptors (Lipinski definition) is 5. The first-order valence-electron chi connectivity index (χ1n) is 6.55. The van der Waals surface area contributed by atoms with E-state index >= 15 is 0 Å². The molecule has 1 aromatic rings. The van der Waals surface area contributed by atoms with Crippen molar-refractivity contribution < 1.29 is 9.90 Å². The lowest BCUT2D eigenvalue weighted by Crippen LogP contribution is -2.31. The van der Waals surface area contributed by atoms with Crippen LogP contribution in [-0.4, -0.2) is 47.1 Å². The molecular weight excluding hydrogens is 262 g/mol. The number of aromatic nitrogens is 1. The molecule has 19 heavy (non-hydrogen) atoms. The highest BCUT2D eigenvalue weighted by molar-refractivity contribution is 7.13. The van der Waals surface area contributed by atoms with E-state index in [9.17, 15) is 9.90 Å². The number of carboxylic acid groups (broad SMARTS) is 1. The number of anilines is 1. The second-order valence-electron chi connectivity index (χ2n) is 5.63. The Kier molecular flexibility index (Phi) is 4.10. The van der Waals surface area contributed by atoms with Crippen LogP contribution in [0.15, 0.2) is 5.38 Å². The minimum Gasteiger partial charge on any atom is -0.481 e. The molecule has 1 aliphatic rings. The van der Waals surface area contributed by atoms with Crippen molar-refractivity contribution in [1.29, 1.82) is 0 Å². The first-order chi connectivity index (χ1) is 8.91. The number of thiazole rings is 1. The van der Waals surface area contributed by atoms with Gasteiger partial charge in [-0.05, 0) is 40.3 Å². The number of likely N-dealkylation sites (tertiary alicyclic amines) is 1. The quantitative estimate of drug-likeness (QED) is 0.865. The van der Waals surface area contributed by atoms with Gasteiger partial charge in [0.1, 0.15) is 5.41 Å². The van der Waals surface area contributed by atoms with E-state index in [2.05, 4.69) is 22.2 Å². The first-order valence-corrected chi connectivity index (χ1v) is 7.42. The van der Waals surface area contributed by atoms with Crippen LogP contribution in [0.1, 0.15) is 32.4 Å². The Morgan fingerprint density at radius 1 is 1.68 bits per heavy atom. The normalized spacial score (nSPS) is 20.7. The third-order valence-electron chi connectivity index (χ3n) is 3.84. The lowest BCUT2D eigenvalue weighted by Gasteiger charge is -2.19. The van der Waals surface area contributed by atoms with Gasteiger partial charge in [-0.2, -0.15) is 0 Å². The van der Waals surface area contributed by atoms with Crippen molar-refractivity contribution in [1.82, 2.24) is 9.88 Å². The number of carbonyl (C=O) groups is 1. The van der Waals surface area contributed by atoms with E-state index in [4.69, 9.17) is 0 Å². The van der Waals surface area contributed by atoms with Gasteiger partial charge >= 0.3 is 5.97 Å². The Morgan fingerprint density at radius 3 is 3.00 bits per heavy atom. The number of nitrogens with zero attached hydrogens (tertiary/aromatic N) is 2. The molecule has 106 valence electrons. The zero-order valence-electron chi connectivity index (χ0n) is 11.6. The van der Waals surface area contributed by atoms with Crippen molar-refractivity contribution in [3.8, 4) is 0 Å². The van der Waals surface area contributed by atoms with Crippen molar-refractivity contribution in [2.45, 2.75) is 38.1 Å². The molecule has 1 saturated heterocycles. The Hall–Kier alpha value is -1.14. The summed E-state index contributed by atoms with van der Waals surface area (Å²) >= 11 is 1.47.